The summed E-state index contributed by atoms with van der Waals surface area (Å²) in [6.07, 6.45) is -0.829. The van der Waals surface area contributed by atoms with Crippen molar-refractivity contribution in [3.8, 4) is 0 Å². The summed E-state index contributed by atoms with van der Waals surface area (Å²) in [5, 5.41) is 0. The van der Waals surface area contributed by atoms with Crippen LogP contribution in [0.2, 0.25) is 0 Å². The fraction of sp³-hybridized carbons (Fsp3) is 0.714. The fourth-order valence-corrected chi connectivity index (χ4v) is 0.509. The number of rotatable bonds is 4. The topological polar surface area (TPSA) is 0 Å². The van der Waals surface area contributed by atoms with Gasteiger partial charge in [0, 0.05) is 6.42 Å². The van der Waals surface area contributed by atoms with Crippen LogP contribution in [0.25, 0.3) is 0 Å². The Morgan fingerprint density at radius 1 is 1.60 bits per heavy atom. The molecular formula is C7H11F3. The second-order valence-electron chi connectivity index (χ2n) is 2.36. The van der Waals surface area contributed by atoms with Gasteiger partial charge in [0.15, 0.2) is 0 Å². The average molecular weight is 152 g/mol. The third kappa shape index (κ3) is 5.66. The number of hydrogen-bond acceptors (Lipinski definition) is 0. The minimum Gasteiger partial charge on any atom is -0.243 e. The predicted molar refractivity (Wildman–Crippen MR) is 34.9 cm³/mol. The lowest BCUT2D eigenvalue weighted by Gasteiger charge is -2.09. The zero-order valence-electron chi connectivity index (χ0n) is 5.91. The third-order valence-electron chi connectivity index (χ3n) is 1.11. The highest BCUT2D eigenvalue weighted by atomic mass is 19.3. The van der Waals surface area contributed by atoms with Gasteiger partial charge in [-0.15, -0.1) is 6.58 Å². The minimum atomic E-state index is -2.76. The fourth-order valence-electron chi connectivity index (χ4n) is 0.509. The molecule has 1 unspecified atom stereocenters. The second-order valence-corrected chi connectivity index (χ2v) is 2.36. The molecular weight excluding hydrogens is 141 g/mol. The number of hydrogen-bond donors (Lipinski definition) is 0. The van der Waals surface area contributed by atoms with Crippen molar-refractivity contribution < 1.29 is 13.2 Å². The summed E-state index contributed by atoms with van der Waals surface area (Å²) < 4.78 is 36.2. The van der Waals surface area contributed by atoms with Gasteiger partial charge in [-0.2, -0.15) is 0 Å². The Kier molecular flexibility index (Phi) is 3.47. The van der Waals surface area contributed by atoms with E-state index >= 15 is 0 Å². The molecule has 0 aliphatic rings. The predicted octanol–water partition coefficient (Wildman–Crippen LogP) is 2.95. The molecule has 0 rings (SSSR count). The van der Waals surface area contributed by atoms with Crippen LogP contribution in [0.1, 0.15) is 19.8 Å². The van der Waals surface area contributed by atoms with Gasteiger partial charge in [-0.3, -0.25) is 0 Å². The summed E-state index contributed by atoms with van der Waals surface area (Å²) in [5.41, 5.74) is 0. The van der Waals surface area contributed by atoms with E-state index in [2.05, 4.69) is 6.58 Å². The molecule has 0 N–H and O–H groups in total. The van der Waals surface area contributed by atoms with E-state index in [0.29, 0.717) is 0 Å². The zero-order valence-corrected chi connectivity index (χ0v) is 5.91. The summed E-state index contributed by atoms with van der Waals surface area (Å²) in [6.45, 7) is 3.92. The summed E-state index contributed by atoms with van der Waals surface area (Å²) in [5.74, 6) is -2.76. The van der Waals surface area contributed by atoms with Gasteiger partial charge in [-0.25, -0.2) is 13.2 Å². The van der Waals surface area contributed by atoms with E-state index in [1.165, 1.54) is 0 Å². The quantitative estimate of drug-likeness (QED) is 0.543. The van der Waals surface area contributed by atoms with Crippen molar-refractivity contribution in [1.29, 1.82) is 0 Å². The highest BCUT2D eigenvalue weighted by Crippen LogP contribution is 2.20. The van der Waals surface area contributed by atoms with Crippen LogP contribution in [-0.4, -0.2) is 12.1 Å². The SMILES string of the molecule is C=CC(F)CCC(C)(F)F. The van der Waals surface area contributed by atoms with Gasteiger partial charge in [0.05, 0.1) is 0 Å². The van der Waals surface area contributed by atoms with Crippen LogP contribution in [0.15, 0.2) is 12.7 Å². The highest BCUT2D eigenvalue weighted by molar-refractivity contribution is 4.79. The number of alkyl halides is 3. The first-order chi connectivity index (χ1) is 4.45. The van der Waals surface area contributed by atoms with Crippen molar-refractivity contribution in [3.63, 3.8) is 0 Å². The first-order valence-corrected chi connectivity index (χ1v) is 3.10. The molecule has 0 heterocycles. The molecule has 0 aromatic rings. The van der Waals surface area contributed by atoms with Crippen LogP contribution >= 0.6 is 0 Å². The van der Waals surface area contributed by atoms with Crippen molar-refractivity contribution in [2.24, 2.45) is 0 Å². The molecule has 0 aliphatic heterocycles. The van der Waals surface area contributed by atoms with E-state index in [4.69, 9.17) is 0 Å². The maximum Gasteiger partial charge on any atom is 0.245 e. The van der Waals surface area contributed by atoms with Crippen molar-refractivity contribution in [1.82, 2.24) is 0 Å². The largest absolute Gasteiger partial charge is 0.245 e. The zero-order chi connectivity index (χ0) is 8.20. The van der Waals surface area contributed by atoms with Crippen molar-refractivity contribution >= 4 is 0 Å². The van der Waals surface area contributed by atoms with E-state index in [9.17, 15) is 13.2 Å². The van der Waals surface area contributed by atoms with Crippen LogP contribution in [0.4, 0.5) is 13.2 Å². The molecule has 0 aromatic carbocycles. The van der Waals surface area contributed by atoms with Crippen LogP contribution < -0.4 is 0 Å². The maximum absolute atomic E-state index is 12.2. The standard InChI is InChI=1S/C7H11F3/c1-3-6(8)4-5-7(2,9)10/h3,6H,1,4-5H2,2H3. The van der Waals surface area contributed by atoms with Crippen molar-refractivity contribution in [3.05, 3.63) is 12.7 Å². The lowest BCUT2D eigenvalue weighted by molar-refractivity contribution is 0.00675. The van der Waals surface area contributed by atoms with Crippen LogP contribution in [-0.2, 0) is 0 Å². The summed E-state index contributed by atoms with van der Waals surface area (Å²) >= 11 is 0. The minimum absolute atomic E-state index is 0.146. The van der Waals surface area contributed by atoms with Gasteiger partial charge in [0.25, 0.3) is 0 Å². The molecule has 60 valence electrons. The molecule has 10 heavy (non-hydrogen) atoms. The lowest BCUT2D eigenvalue weighted by Crippen LogP contribution is -2.11. The lowest BCUT2D eigenvalue weighted by atomic mass is 10.1. The highest BCUT2D eigenvalue weighted by Gasteiger charge is 2.21. The van der Waals surface area contributed by atoms with E-state index < -0.39 is 18.5 Å². The van der Waals surface area contributed by atoms with Gasteiger partial charge in [-0.05, 0) is 13.3 Å². The first kappa shape index (κ1) is 9.53. The van der Waals surface area contributed by atoms with Gasteiger partial charge >= 0.3 is 0 Å². The van der Waals surface area contributed by atoms with Crippen LogP contribution in [0.5, 0.6) is 0 Å². The molecule has 0 amide bonds. The van der Waals surface area contributed by atoms with Crippen LogP contribution in [0.3, 0.4) is 0 Å². The van der Waals surface area contributed by atoms with E-state index in [1.807, 2.05) is 0 Å². The molecule has 0 saturated carbocycles. The number of allylic oxidation sites excluding steroid dienone is 1. The van der Waals surface area contributed by atoms with Crippen molar-refractivity contribution in [2.45, 2.75) is 31.9 Å². The smallest absolute Gasteiger partial charge is 0.243 e. The Labute approximate surface area is 58.7 Å². The molecule has 3 heteroatoms. The van der Waals surface area contributed by atoms with Gasteiger partial charge in [0.1, 0.15) is 6.17 Å². The van der Waals surface area contributed by atoms with E-state index in [1.54, 1.807) is 0 Å². The average Bonchev–Trinajstić information content (AvgIpc) is 1.81. The third-order valence-corrected chi connectivity index (χ3v) is 1.11. The molecule has 0 bridgehead atoms. The second kappa shape index (κ2) is 3.64. The van der Waals surface area contributed by atoms with Crippen LogP contribution in [0, 0.1) is 0 Å². The Hall–Kier alpha value is -0.470. The normalized spacial score (nSPS) is 14.8. The Bertz CT molecular complexity index is 104. The summed E-state index contributed by atoms with van der Waals surface area (Å²) in [6, 6.07) is 0. The van der Waals surface area contributed by atoms with Crippen molar-refractivity contribution in [2.75, 3.05) is 0 Å². The molecule has 0 saturated heterocycles. The summed E-state index contributed by atoms with van der Waals surface area (Å²) in [4.78, 5) is 0. The van der Waals surface area contributed by atoms with Gasteiger partial charge < -0.3 is 0 Å². The monoisotopic (exact) mass is 152 g/mol. The van der Waals surface area contributed by atoms with E-state index in [0.717, 1.165) is 13.0 Å². The molecule has 0 aliphatic carbocycles. The maximum atomic E-state index is 12.2. The molecule has 0 nitrogen and oxygen atoms in total. The van der Waals surface area contributed by atoms with Gasteiger partial charge in [0.2, 0.25) is 5.92 Å². The summed E-state index contributed by atoms with van der Waals surface area (Å²) in [7, 11) is 0. The molecule has 0 aromatic heterocycles. The Morgan fingerprint density at radius 3 is 2.40 bits per heavy atom. The van der Waals surface area contributed by atoms with Gasteiger partial charge in [-0.1, -0.05) is 6.08 Å². The Morgan fingerprint density at radius 2 is 2.10 bits per heavy atom. The molecule has 0 radical (unpaired) electrons. The molecule has 1 atom stereocenters. The molecule has 0 fully saturated rings. The first-order valence-electron chi connectivity index (χ1n) is 3.10. The van der Waals surface area contributed by atoms with E-state index in [-0.39, 0.29) is 6.42 Å². The molecule has 0 spiro atoms. The number of halogens is 3. The Balaban J connectivity index is 3.45.